The summed E-state index contributed by atoms with van der Waals surface area (Å²) in [6.45, 7) is 5.10. The number of carboxylic acid groups (broad SMARTS) is 1. The van der Waals surface area contributed by atoms with E-state index in [2.05, 4.69) is 31.8 Å². The Morgan fingerprint density at radius 1 is 1.50 bits per heavy atom. The van der Waals surface area contributed by atoms with E-state index in [0.29, 0.717) is 18.1 Å². The summed E-state index contributed by atoms with van der Waals surface area (Å²) in [5, 5.41) is 11.9. The lowest BCUT2D eigenvalue weighted by Gasteiger charge is -2.14. The van der Waals surface area contributed by atoms with Gasteiger partial charge in [0.1, 0.15) is 6.04 Å². The van der Waals surface area contributed by atoms with Gasteiger partial charge in [-0.25, -0.2) is 0 Å². The molecule has 0 rings (SSSR count). The first-order chi connectivity index (χ1) is 6.61. The average Bonchev–Trinajstić information content (AvgIpc) is 2.16. The molecule has 0 aliphatic heterocycles. The minimum atomic E-state index is -0.775. The van der Waals surface area contributed by atoms with Crippen LogP contribution in [0.3, 0.4) is 0 Å². The molecule has 0 fully saturated rings. The lowest BCUT2D eigenvalue weighted by atomic mass is 10.1. The van der Waals surface area contributed by atoms with Crippen LogP contribution < -0.4 is 5.32 Å². The van der Waals surface area contributed by atoms with E-state index in [0.717, 1.165) is 19.4 Å². The fourth-order valence-corrected chi connectivity index (χ4v) is 1.41. The molecule has 0 aromatic heterocycles. The molecule has 0 spiro atoms. The maximum absolute atomic E-state index is 10.7. The van der Waals surface area contributed by atoms with Crippen LogP contribution in [0, 0.1) is 5.92 Å². The molecule has 0 aliphatic carbocycles. The van der Waals surface area contributed by atoms with Crippen molar-refractivity contribution in [2.24, 2.45) is 5.92 Å². The molecule has 2 atom stereocenters. The second-order valence-electron chi connectivity index (χ2n) is 3.66. The fraction of sp³-hybridized carbons (Fsp3) is 0.900. The van der Waals surface area contributed by atoms with Gasteiger partial charge in [-0.05, 0) is 31.1 Å². The van der Waals surface area contributed by atoms with Gasteiger partial charge in [-0.2, -0.15) is 12.6 Å². The predicted octanol–water partition coefficient (Wildman–Crippen LogP) is 1.79. The van der Waals surface area contributed by atoms with E-state index in [1.807, 2.05) is 0 Å². The van der Waals surface area contributed by atoms with E-state index in [4.69, 9.17) is 5.11 Å². The molecule has 1 unspecified atom stereocenters. The van der Waals surface area contributed by atoms with E-state index < -0.39 is 12.0 Å². The van der Waals surface area contributed by atoms with E-state index in [9.17, 15) is 4.79 Å². The summed E-state index contributed by atoms with van der Waals surface area (Å²) in [4.78, 5) is 10.7. The van der Waals surface area contributed by atoms with Gasteiger partial charge >= 0.3 is 5.97 Å². The molecular formula is C10H21NO2S. The lowest BCUT2D eigenvalue weighted by molar-refractivity contribution is -0.139. The SMILES string of the molecule is CCC(C)CCN[C@@H](CCS)C(=O)O. The van der Waals surface area contributed by atoms with Crippen LogP contribution in [0.15, 0.2) is 0 Å². The van der Waals surface area contributed by atoms with Crippen LogP contribution in [0.4, 0.5) is 0 Å². The fourth-order valence-electron chi connectivity index (χ4n) is 1.15. The van der Waals surface area contributed by atoms with Crippen molar-refractivity contribution in [1.29, 1.82) is 0 Å². The Morgan fingerprint density at radius 3 is 2.57 bits per heavy atom. The zero-order chi connectivity index (χ0) is 11.0. The summed E-state index contributed by atoms with van der Waals surface area (Å²) in [7, 11) is 0. The normalized spacial score (nSPS) is 15.1. The summed E-state index contributed by atoms with van der Waals surface area (Å²) in [6.07, 6.45) is 2.76. The Hall–Kier alpha value is -0.220. The molecule has 0 saturated carbocycles. The zero-order valence-corrected chi connectivity index (χ0v) is 9.89. The molecule has 3 nitrogen and oxygen atoms in total. The van der Waals surface area contributed by atoms with Gasteiger partial charge in [-0.15, -0.1) is 0 Å². The summed E-state index contributed by atoms with van der Waals surface area (Å²) < 4.78 is 0. The molecule has 0 heterocycles. The number of hydrogen-bond acceptors (Lipinski definition) is 3. The molecule has 4 heteroatoms. The molecule has 2 N–H and O–H groups in total. The van der Waals surface area contributed by atoms with Crippen LogP contribution in [0.1, 0.15) is 33.1 Å². The van der Waals surface area contributed by atoms with Gasteiger partial charge in [0.25, 0.3) is 0 Å². The van der Waals surface area contributed by atoms with Crippen LogP contribution in [0.5, 0.6) is 0 Å². The van der Waals surface area contributed by atoms with Gasteiger partial charge in [0.2, 0.25) is 0 Å². The van der Waals surface area contributed by atoms with Crippen molar-refractivity contribution in [3.05, 3.63) is 0 Å². The minimum absolute atomic E-state index is 0.434. The monoisotopic (exact) mass is 219 g/mol. The van der Waals surface area contributed by atoms with Crippen molar-refractivity contribution in [3.63, 3.8) is 0 Å². The molecule has 0 bridgehead atoms. The molecule has 14 heavy (non-hydrogen) atoms. The Balaban J connectivity index is 3.66. The third-order valence-corrected chi connectivity index (χ3v) is 2.70. The summed E-state index contributed by atoms with van der Waals surface area (Å²) in [5.41, 5.74) is 0. The zero-order valence-electron chi connectivity index (χ0n) is 8.99. The number of nitrogens with one attached hydrogen (secondary N) is 1. The minimum Gasteiger partial charge on any atom is -0.480 e. The van der Waals surface area contributed by atoms with E-state index in [1.165, 1.54) is 0 Å². The maximum Gasteiger partial charge on any atom is 0.320 e. The average molecular weight is 219 g/mol. The second kappa shape index (κ2) is 8.12. The number of hydrogen-bond donors (Lipinski definition) is 3. The number of thiol groups is 1. The first-order valence-electron chi connectivity index (χ1n) is 5.18. The summed E-state index contributed by atoms with van der Waals surface area (Å²) in [5.74, 6) is 0.490. The van der Waals surface area contributed by atoms with Crippen LogP contribution in [0.2, 0.25) is 0 Å². The van der Waals surface area contributed by atoms with Crippen molar-refractivity contribution in [1.82, 2.24) is 5.32 Å². The van der Waals surface area contributed by atoms with Crippen LogP contribution in [-0.2, 0) is 4.79 Å². The molecule has 0 aliphatic rings. The van der Waals surface area contributed by atoms with E-state index >= 15 is 0 Å². The van der Waals surface area contributed by atoms with E-state index in [-0.39, 0.29) is 0 Å². The third kappa shape index (κ3) is 6.27. The molecule has 0 amide bonds. The largest absolute Gasteiger partial charge is 0.480 e. The van der Waals surface area contributed by atoms with Crippen molar-refractivity contribution in [2.75, 3.05) is 12.3 Å². The highest BCUT2D eigenvalue weighted by Gasteiger charge is 2.15. The van der Waals surface area contributed by atoms with Crippen LogP contribution in [-0.4, -0.2) is 29.4 Å². The van der Waals surface area contributed by atoms with Gasteiger partial charge in [0.05, 0.1) is 0 Å². The van der Waals surface area contributed by atoms with Gasteiger partial charge in [0.15, 0.2) is 0 Å². The number of aliphatic carboxylic acids is 1. The van der Waals surface area contributed by atoms with Gasteiger partial charge in [-0.3, -0.25) is 4.79 Å². The quantitative estimate of drug-likeness (QED) is 0.545. The Morgan fingerprint density at radius 2 is 2.14 bits per heavy atom. The second-order valence-corrected chi connectivity index (χ2v) is 4.11. The molecule has 0 aromatic rings. The molecular weight excluding hydrogens is 198 g/mol. The van der Waals surface area contributed by atoms with Gasteiger partial charge in [0, 0.05) is 0 Å². The Labute approximate surface area is 91.7 Å². The Kier molecular flexibility index (Phi) is 7.99. The highest BCUT2D eigenvalue weighted by Crippen LogP contribution is 2.05. The highest BCUT2D eigenvalue weighted by atomic mass is 32.1. The van der Waals surface area contributed by atoms with Gasteiger partial charge in [-0.1, -0.05) is 20.3 Å². The van der Waals surface area contributed by atoms with Crippen molar-refractivity contribution < 1.29 is 9.90 Å². The topological polar surface area (TPSA) is 49.3 Å². The number of rotatable bonds is 8. The lowest BCUT2D eigenvalue weighted by Crippen LogP contribution is -2.38. The molecule has 0 saturated heterocycles. The third-order valence-electron chi connectivity index (χ3n) is 2.44. The standard InChI is InChI=1S/C10H21NO2S/c1-3-8(2)4-6-11-9(5-7-14)10(12)13/h8-9,11,14H,3-7H2,1-2H3,(H,12,13)/t8?,9-/m0/s1. The smallest absolute Gasteiger partial charge is 0.320 e. The van der Waals surface area contributed by atoms with E-state index in [1.54, 1.807) is 0 Å². The molecule has 0 radical (unpaired) electrons. The van der Waals surface area contributed by atoms with Crippen molar-refractivity contribution in [3.8, 4) is 0 Å². The van der Waals surface area contributed by atoms with Crippen molar-refractivity contribution >= 4 is 18.6 Å². The van der Waals surface area contributed by atoms with Crippen LogP contribution in [0.25, 0.3) is 0 Å². The first kappa shape index (κ1) is 13.8. The first-order valence-corrected chi connectivity index (χ1v) is 5.82. The highest BCUT2D eigenvalue weighted by molar-refractivity contribution is 7.80. The summed E-state index contributed by atoms with van der Waals surface area (Å²) in [6, 6.07) is -0.434. The van der Waals surface area contributed by atoms with Crippen LogP contribution >= 0.6 is 12.6 Å². The van der Waals surface area contributed by atoms with Crippen molar-refractivity contribution in [2.45, 2.75) is 39.2 Å². The summed E-state index contributed by atoms with van der Waals surface area (Å²) >= 11 is 4.03. The Bertz CT molecular complexity index is 164. The maximum atomic E-state index is 10.7. The number of carboxylic acids is 1. The number of carbonyl (C=O) groups is 1. The van der Waals surface area contributed by atoms with Gasteiger partial charge < -0.3 is 10.4 Å². The molecule has 84 valence electrons. The predicted molar refractivity (Wildman–Crippen MR) is 62.0 cm³/mol. The molecule has 0 aromatic carbocycles.